The number of aromatic nitrogens is 1. The van der Waals surface area contributed by atoms with Crippen LogP contribution in [0.25, 0.3) is 11.3 Å². The molecule has 14 heavy (non-hydrogen) atoms. The lowest BCUT2D eigenvalue weighted by molar-refractivity contribution is 1.36. The van der Waals surface area contributed by atoms with Gasteiger partial charge in [0, 0.05) is 18.0 Å². The monoisotopic (exact) mass is 226 g/mol. The molecule has 0 aliphatic carbocycles. The summed E-state index contributed by atoms with van der Waals surface area (Å²) in [6, 6.07) is 10.2. The highest BCUT2D eigenvalue weighted by Crippen LogP contribution is 2.23. The number of benzene rings is 1. The van der Waals surface area contributed by atoms with Crippen molar-refractivity contribution in [3.05, 3.63) is 35.7 Å². The van der Waals surface area contributed by atoms with Gasteiger partial charge in [0.15, 0.2) is 5.13 Å². The molecular formula is C10H11ClN2S. The Morgan fingerprint density at radius 1 is 1.21 bits per heavy atom. The average Bonchev–Trinajstić information content (AvgIpc) is 2.67. The van der Waals surface area contributed by atoms with Crippen LogP contribution in [-0.2, 0) is 0 Å². The zero-order valence-corrected chi connectivity index (χ0v) is 9.36. The Kier molecular flexibility index (Phi) is 3.92. The van der Waals surface area contributed by atoms with E-state index in [1.165, 1.54) is 5.56 Å². The van der Waals surface area contributed by atoms with Crippen LogP contribution in [0, 0.1) is 0 Å². The van der Waals surface area contributed by atoms with Gasteiger partial charge in [0.25, 0.3) is 0 Å². The molecule has 74 valence electrons. The van der Waals surface area contributed by atoms with Crippen molar-refractivity contribution < 1.29 is 0 Å². The van der Waals surface area contributed by atoms with Gasteiger partial charge in [-0.05, 0) is 0 Å². The minimum atomic E-state index is 0. The van der Waals surface area contributed by atoms with Crippen molar-refractivity contribution in [3.63, 3.8) is 0 Å². The zero-order chi connectivity index (χ0) is 9.10. The van der Waals surface area contributed by atoms with Gasteiger partial charge in [-0.25, -0.2) is 4.98 Å². The molecule has 1 heterocycles. The molecule has 0 unspecified atom stereocenters. The van der Waals surface area contributed by atoms with Crippen LogP contribution in [-0.4, -0.2) is 12.0 Å². The zero-order valence-electron chi connectivity index (χ0n) is 7.73. The number of anilines is 1. The number of thiazole rings is 1. The Labute approximate surface area is 93.4 Å². The fourth-order valence-corrected chi connectivity index (χ4v) is 1.81. The lowest BCUT2D eigenvalue weighted by atomic mass is 10.2. The highest BCUT2D eigenvalue weighted by molar-refractivity contribution is 7.14. The minimum Gasteiger partial charge on any atom is -0.365 e. The SMILES string of the molecule is CNc1nc(-c2ccccc2)cs1.Cl. The molecule has 2 nitrogen and oxygen atoms in total. The van der Waals surface area contributed by atoms with E-state index in [-0.39, 0.29) is 12.4 Å². The summed E-state index contributed by atoms with van der Waals surface area (Å²) in [5.41, 5.74) is 2.20. The summed E-state index contributed by atoms with van der Waals surface area (Å²) in [5, 5.41) is 6.04. The summed E-state index contributed by atoms with van der Waals surface area (Å²) >= 11 is 1.62. The first-order valence-corrected chi connectivity index (χ1v) is 4.97. The maximum atomic E-state index is 4.41. The molecule has 0 aliphatic heterocycles. The Morgan fingerprint density at radius 3 is 2.50 bits per heavy atom. The van der Waals surface area contributed by atoms with Gasteiger partial charge in [-0.1, -0.05) is 30.3 Å². The second-order valence-corrected chi connectivity index (χ2v) is 3.51. The predicted octanol–water partition coefficient (Wildman–Crippen LogP) is 3.27. The number of nitrogens with one attached hydrogen (secondary N) is 1. The van der Waals surface area contributed by atoms with Gasteiger partial charge in [0.1, 0.15) is 0 Å². The molecule has 0 radical (unpaired) electrons. The summed E-state index contributed by atoms with van der Waals surface area (Å²) in [4.78, 5) is 4.41. The first kappa shape index (κ1) is 11.0. The standard InChI is InChI=1S/C10H10N2S.ClH/c1-11-10-12-9(7-13-10)8-5-3-2-4-6-8;/h2-7H,1H3,(H,11,12);1H. The Balaban J connectivity index is 0.000000980. The summed E-state index contributed by atoms with van der Waals surface area (Å²) in [5.74, 6) is 0. The van der Waals surface area contributed by atoms with E-state index in [1.807, 2.05) is 25.2 Å². The highest BCUT2D eigenvalue weighted by atomic mass is 35.5. The van der Waals surface area contributed by atoms with Crippen molar-refractivity contribution in [2.45, 2.75) is 0 Å². The van der Waals surface area contributed by atoms with Crippen molar-refractivity contribution in [2.75, 3.05) is 12.4 Å². The van der Waals surface area contributed by atoms with Crippen LogP contribution in [0.3, 0.4) is 0 Å². The van der Waals surface area contributed by atoms with Crippen LogP contribution in [0.1, 0.15) is 0 Å². The molecule has 0 amide bonds. The van der Waals surface area contributed by atoms with E-state index in [1.54, 1.807) is 11.3 Å². The van der Waals surface area contributed by atoms with Gasteiger partial charge < -0.3 is 5.32 Å². The van der Waals surface area contributed by atoms with Crippen LogP contribution >= 0.6 is 23.7 Å². The quantitative estimate of drug-likeness (QED) is 0.850. The van der Waals surface area contributed by atoms with Gasteiger partial charge in [0.05, 0.1) is 5.69 Å². The van der Waals surface area contributed by atoms with Crippen LogP contribution in [0.5, 0.6) is 0 Å². The van der Waals surface area contributed by atoms with Crippen molar-refractivity contribution >= 4 is 28.9 Å². The van der Waals surface area contributed by atoms with Crippen molar-refractivity contribution in [2.24, 2.45) is 0 Å². The van der Waals surface area contributed by atoms with E-state index in [4.69, 9.17) is 0 Å². The molecular weight excluding hydrogens is 216 g/mol. The fourth-order valence-electron chi connectivity index (χ4n) is 1.13. The second-order valence-electron chi connectivity index (χ2n) is 2.65. The van der Waals surface area contributed by atoms with E-state index in [0.717, 1.165) is 10.8 Å². The Bertz CT molecular complexity index is 386. The molecule has 1 aromatic carbocycles. The summed E-state index contributed by atoms with van der Waals surface area (Å²) in [6.07, 6.45) is 0. The first-order valence-electron chi connectivity index (χ1n) is 4.09. The predicted molar refractivity (Wildman–Crippen MR) is 64.3 cm³/mol. The van der Waals surface area contributed by atoms with Gasteiger partial charge in [-0.15, -0.1) is 23.7 Å². The minimum absolute atomic E-state index is 0. The molecule has 0 fully saturated rings. The third kappa shape index (κ3) is 2.25. The van der Waals surface area contributed by atoms with E-state index in [9.17, 15) is 0 Å². The van der Waals surface area contributed by atoms with E-state index in [0.29, 0.717) is 0 Å². The van der Waals surface area contributed by atoms with Crippen molar-refractivity contribution in [1.82, 2.24) is 4.98 Å². The van der Waals surface area contributed by atoms with E-state index < -0.39 is 0 Å². The number of nitrogens with zero attached hydrogens (tertiary/aromatic N) is 1. The van der Waals surface area contributed by atoms with Gasteiger partial charge in [0.2, 0.25) is 0 Å². The average molecular weight is 227 g/mol. The molecule has 2 rings (SSSR count). The normalized spacial score (nSPS) is 9.21. The molecule has 0 bridgehead atoms. The van der Waals surface area contributed by atoms with E-state index >= 15 is 0 Å². The Morgan fingerprint density at radius 2 is 1.93 bits per heavy atom. The third-order valence-corrected chi connectivity index (χ3v) is 2.65. The maximum absolute atomic E-state index is 4.41. The van der Waals surface area contributed by atoms with Crippen LogP contribution in [0.4, 0.5) is 5.13 Å². The molecule has 4 heteroatoms. The largest absolute Gasteiger partial charge is 0.365 e. The molecule has 0 saturated heterocycles. The molecule has 1 N–H and O–H groups in total. The number of rotatable bonds is 2. The maximum Gasteiger partial charge on any atom is 0.182 e. The first-order chi connectivity index (χ1) is 6.40. The summed E-state index contributed by atoms with van der Waals surface area (Å²) in [6.45, 7) is 0. The smallest absolute Gasteiger partial charge is 0.182 e. The number of hydrogen-bond donors (Lipinski definition) is 1. The van der Waals surface area contributed by atoms with Gasteiger partial charge in [-0.3, -0.25) is 0 Å². The van der Waals surface area contributed by atoms with Crippen molar-refractivity contribution in [1.29, 1.82) is 0 Å². The topological polar surface area (TPSA) is 24.9 Å². The second kappa shape index (κ2) is 4.98. The third-order valence-electron chi connectivity index (χ3n) is 1.79. The summed E-state index contributed by atoms with van der Waals surface area (Å²) < 4.78 is 0. The summed E-state index contributed by atoms with van der Waals surface area (Å²) in [7, 11) is 1.88. The number of halogens is 1. The molecule has 0 saturated carbocycles. The van der Waals surface area contributed by atoms with E-state index in [2.05, 4.69) is 27.8 Å². The fraction of sp³-hybridized carbons (Fsp3) is 0.100. The van der Waals surface area contributed by atoms with Crippen molar-refractivity contribution in [3.8, 4) is 11.3 Å². The Hall–Kier alpha value is -1.06. The van der Waals surface area contributed by atoms with Crippen LogP contribution < -0.4 is 5.32 Å². The van der Waals surface area contributed by atoms with Gasteiger partial charge >= 0.3 is 0 Å². The molecule has 1 aromatic heterocycles. The molecule has 2 aromatic rings. The lowest BCUT2D eigenvalue weighted by Gasteiger charge is -1.93. The molecule has 0 atom stereocenters. The van der Waals surface area contributed by atoms with Crippen LogP contribution in [0.2, 0.25) is 0 Å². The number of hydrogen-bond acceptors (Lipinski definition) is 3. The highest BCUT2D eigenvalue weighted by Gasteiger charge is 2.01. The molecule has 0 spiro atoms. The lowest BCUT2D eigenvalue weighted by Crippen LogP contribution is -1.85. The van der Waals surface area contributed by atoms with Crippen LogP contribution in [0.15, 0.2) is 35.7 Å². The van der Waals surface area contributed by atoms with Gasteiger partial charge in [-0.2, -0.15) is 0 Å². The molecule has 0 aliphatic rings.